The maximum atomic E-state index is 5.64. The third-order valence-corrected chi connectivity index (χ3v) is 2.03. The van der Waals surface area contributed by atoms with E-state index in [1.54, 1.807) is 0 Å². The van der Waals surface area contributed by atoms with E-state index < -0.39 is 0 Å². The summed E-state index contributed by atoms with van der Waals surface area (Å²) in [6.45, 7) is 8.22. The Hall–Kier alpha value is -0.950. The van der Waals surface area contributed by atoms with E-state index in [0.717, 1.165) is 5.75 Å². The van der Waals surface area contributed by atoms with Crippen LogP contribution in [0.4, 0.5) is 0 Å². The van der Waals surface area contributed by atoms with Crippen molar-refractivity contribution in [2.75, 3.05) is 6.61 Å². The van der Waals surface area contributed by atoms with Gasteiger partial charge in [0, 0.05) is 5.03 Å². The zero-order valence-corrected chi connectivity index (χ0v) is 9.34. The second-order valence-electron chi connectivity index (χ2n) is 3.50. The highest BCUT2D eigenvalue weighted by molar-refractivity contribution is 6.29. The monoisotopic (exact) mass is 210 g/mol. The van der Waals surface area contributed by atoms with Gasteiger partial charge in [0.15, 0.2) is 0 Å². The summed E-state index contributed by atoms with van der Waals surface area (Å²) < 4.78 is 5.53. The molecule has 1 aromatic rings. The van der Waals surface area contributed by atoms with Crippen molar-refractivity contribution < 1.29 is 4.74 Å². The quantitative estimate of drug-likeness (QED) is 0.732. The summed E-state index contributed by atoms with van der Waals surface area (Å²) in [6, 6.07) is 7.99. The van der Waals surface area contributed by atoms with Crippen LogP contribution in [0, 0.1) is 0 Å². The van der Waals surface area contributed by atoms with Gasteiger partial charge in [-0.25, -0.2) is 0 Å². The van der Waals surface area contributed by atoms with Crippen molar-refractivity contribution in [2.24, 2.45) is 0 Å². The topological polar surface area (TPSA) is 9.23 Å². The van der Waals surface area contributed by atoms with Crippen LogP contribution >= 0.6 is 11.6 Å². The van der Waals surface area contributed by atoms with Crippen molar-refractivity contribution in [1.29, 1.82) is 0 Å². The maximum Gasteiger partial charge on any atom is 0.123 e. The number of para-hydroxylation sites is 1. The first kappa shape index (κ1) is 11.1. The van der Waals surface area contributed by atoms with Gasteiger partial charge in [0.25, 0.3) is 0 Å². The minimum atomic E-state index is 0.366. The van der Waals surface area contributed by atoms with Gasteiger partial charge in [-0.2, -0.15) is 0 Å². The molecular weight excluding hydrogens is 196 g/mol. The van der Waals surface area contributed by atoms with Gasteiger partial charge in [0.1, 0.15) is 12.4 Å². The molecule has 0 bridgehead atoms. The molecule has 0 aliphatic carbocycles. The first-order chi connectivity index (χ1) is 6.61. The predicted octanol–water partition coefficient (Wildman–Crippen LogP) is 3.94. The van der Waals surface area contributed by atoms with Crippen molar-refractivity contribution in [2.45, 2.75) is 19.8 Å². The minimum Gasteiger partial charge on any atom is -0.488 e. The summed E-state index contributed by atoms with van der Waals surface area (Å²) in [6.07, 6.45) is 0. The lowest BCUT2D eigenvalue weighted by molar-refractivity contribution is 0.354. The normalized spacial score (nSPS) is 10.3. The second-order valence-corrected chi connectivity index (χ2v) is 4.03. The fourth-order valence-corrected chi connectivity index (χ4v) is 1.30. The Kier molecular flexibility index (Phi) is 4.02. The van der Waals surface area contributed by atoms with Gasteiger partial charge in [-0.05, 0) is 17.5 Å². The highest BCUT2D eigenvalue weighted by Crippen LogP contribution is 2.26. The molecule has 0 saturated heterocycles. The smallest absolute Gasteiger partial charge is 0.123 e. The molecule has 76 valence electrons. The summed E-state index contributed by atoms with van der Waals surface area (Å²) in [7, 11) is 0. The van der Waals surface area contributed by atoms with Crippen LogP contribution in [0.1, 0.15) is 25.3 Å². The third kappa shape index (κ3) is 3.08. The molecule has 0 radical (unpaired) electrons. The SMILES string of the molecule is C=C(Cl)COc1ccccc1C(C)C. The van der Waals surface area contributed by atoms with Crippen LogP contribution in [-0.4, -0.2) is 6.61 Å². The van der Waals surface area contributed by atoms with Crippen LogP contribution in [0.25, 0.3) is 0 Å². The van der Waals surface area contributed by atoms with Crippen molar-refractivity contribution in [3.8, 4) is 5.75 Å². The van der Waals surface area contributed by atoms with E-state index in [4.69, 9.17) is 16.3 Å². The Labute approximate surface area is 90.3 Å². The summed E-state index contributed by atoms with van der Waals surface area (Å²) in [4.78, 5) is 0. The molecule has 0 saturated carbocycles. The molecule has 1 nitrogen and oxygen atoms in total. The largest absolute Gasteiger partial charge is 0.488 e. The number of rotatable bonds is 4. The molecule has 0 amide bonds. The van der Waals surface area contributed by atoms with Crippen LogP contribution in [0.5, 0.6) is 5.75 Å². The first-order valence-electron chi connectivity index (χ1n) is 4.66. The predicted molar refractivity (Wildman–Crippen MR) is 61.0 cm³/mol. The second kappa shape index (κ2) is 5.06. The third-order valence-electron chi connectivity index (χ3n) is 1.93. The van der Waals surface area contributed by atoms with Crippen molar-refractivity contribution >= 4 is 11.6 Å². The fraction of sp³-hybridized carbons (Fsp3) is 0.333. The van der Waals surface area contributed by atoms with Crippen molar-refractivity contribution in [3.05, 3.63) is 41.4 Å². The number of ether oxygens (including phenoxy) is 1. The number of hydrogen-bond donors (Lipinski definition) is 0. The molecule has 0 fully saturated rings. The number of benzene rings is 1. The standard InChI is InChI=1S/C12H15ClO/c1-9(2)11-6-4-5-7-12(11)14-8-10(3)13/h4-7,9H,3,8H2,1-2H3. The van der Waals surface area contributed by atoms with Gasteiger partial charge < -0.3 is 4.74 Å². The van der Waals surface area contributed by atoms with Gasteiger partial charge >= 0.3 is 0 Å². The molecule has 0 aliphatic heterocycles. The Balaban J connectivity index is 2.79. The van der Waals surface area contributed by atoms with E-state index in [0.29, 0.717) is 17.6 Å². The average Bonchev–Trinajstić information content (AvgIpc) is 2.15. The van der Waals surface area contributed by atoms with Crippen LogP contribution in [0.15, 0.2) is 35.9 Å². The Morgan fingerprint density at radius 1 is 1.43 bits per heavy atom. The van der Waals surface area contributed by atoms with E-state index >= 15 is 0 Å². The minimum absolute atomic E-state index is 0.366. The molecule has 0 N–H and O–H groups in total. The summed E-state index contributed by atoms with van der Waals surface area (Å²) in [5.41, 5.74) is 1.20. The number of hydrogen-bond acceptors (Lipinski definition) is 1. The molecule has 1 rings (SSSR count). The van der Waals surface area contributed by atoms with Crippen LogP contribution in [0.2, 0.25) is 0 Å². The van der Waals surface area contributed by atoms with Gasteiger partial charge in [-0.3, -0.25) is 0 Å². The average molecular weight is 211 g/mol. The van der Waals surface area contributed by atoms with Crippen molar-refractivity contribution in [3.63, 3.8) is 0 Å². The van der Waals surface area contributed by atoms with E-state index in [2.05, 4.69) is 26.5 Å². The molecule has 2 heteroatoms. The molecule has 0 aliphatic rings. The molecular formula is C12H15ClO. The highest BCUT2D eigenvalue weighted by Gasteiger charge is 2.06. The van der Waals surface area contributed by atoms with E-state index in [1.165, 1.54) is 5.56 Å². The van der Waals surface area contributed by atoms with Crippen LogP contribution in [-0.2, 0) is 0 Å². The fourth-order valence-electron chi connectivity index (χ4n) is 1.25. The zero-order valence-electron chi connectivity index (χ0n) is 8.59. The summed E-state index contributed by atoms with van der Waals surface area (Å²) in [5.74, 6) is 1.35. The number of halogens is 1. The maximum absolute atomic E-state index is 5.64. The van der Waals surface area contributed by atoms with E-state index in [1.807, 2.05) is 18.2 Å². The lowest BCUT2D eigenvalue weighted by atomic mass is 10.0. The molecule has 0 unspecified atom stereocenters. The first-order valence-corrected chi connectivity index (χ1v) is 5.04. The Morgan fingerprint density at radius 3 is 2.64 bits per heavy atom. The van der Waals surface area contributed by atoms with Crippen LogP contribution in [0.3, 0.4) is 0 Å². The Bertz CT molecular complexity index is 318. The lowest BCUT2D eigenvalue weighted by Crippen LogP contribution is -2.00. The highest BCUT2D eigenvalue weighted by atomic mass is 35.5. The Morgan fingerprint density at radius 2 is 2.07 bits per heavy atom. The molecule has 0 aromatic heterocycles. The van der Waals surface area contributed by atoms with Crippen LogP contribution < -0.4 is 4.74 Å². The summed E-state index contributed by atoms with van der Waals surface area (Å²) in [5, 5.41) is 0.517. The molecule has 0 spiro atoms. The molecule has 0 atom stereocenters. The van der Waals surface area contributed by atoms with E-state index in [9.17, 15) is 0 Å². The van der Waals surface area contributed by atoms with Gasteiger partial charge in [-0.1, -0.05) is 50.2 Å². The van der Waals surface area contributed by atoms with Crippen molar-refractivity contribution in [1.82, 2.24) is 0 Å². The lowest BCUT2D eigenvalue weighted by Gasteiger charge is -2.12. The molecule has 0 heterocycles. The summed E-state index contributed by atoms with van der Waals surface area (Å²) >= 11 is 5.64. The van der Waals surface area contributed by atoms with Gasteiger partial charge in [-0.15, -0.1) is 0 Å². The van der Waals surface area contributed by atoms with E-state index in [-0.39, 0.29) is 0 Å². The molecule has 14 heavy (non-hydrogen) atoms. The van der Waals surface area contributed by atoms with Gasteiger partial charge in [0.05, 0.1) is 0 Å². The molecule has 1 aromatic carbocycles. The van der Waals surface area contributed by atoms with Gasteiger partial charge in [0.2, 0.25) is 0 Å². The zero-order chi connectivity index (χ0) is 10.6.